The lowest BCUT2D eigenvalue weighted by atomic mass is 10.0. The van der Waals surface area contributed by atoms with E-state index in [1.807, 2.05) is 49.7 Å². The van der Waals surface area contributed by atoms with E-state index in [4.69, 9.17) is 9.84 Å². The highest BCUT2D eigenvalue weighted by atomic mass is 16.6. The van der Waals surface area contributed by atoms with Gasteiger partial charge in [-0.1, -0.05) is 36.4 Å². The number of nitrogens with zero attached hydrogens (tertiary/aromatic N) is 3. The lowest BCUT2D eigenvalue weighted by Crippen LogP contribution is -2.33. The first-order chi connectivity index (χ1) is 14.2. The van der Waals surface area contributed by atoms with E-state index in [0.717, 1.165) is 33.6 Å². The normalized spacial score (nSPS) is 13.4. The molecule has 6 heteroatoms. The minimum atomic E-state index is -0.537. The fourth-order valence-corrected chi connectivity index (χ4v) is 3.81. The van der Waals surface area contributed by atoms with Crippen molar-refractivity contribution in [2.75, 3.05) is 0 Å². The first kappa shape index (κ1) is 20.0. The molecule has 3 aromatic rings. The summed E-state index contributed by atoms with van der Waals surface area (Å²) in [4.78, 5) is 14.3. The molecular formula is C24H27N3O3. The van der Waals surface area contributed by atoms with E-state index >= 15 is 0 Å². The number of fused-ring (bicyclic) bond motifs is 1. The number of benzene rings is 2. The third-order valence-corrected chi connectivity index (χ3v) is 5.12. The zero-order chi connectivity index (χ0) is 21.5. The predicted octanol–water partition coefficient (Wildman–Crippen LogP) is 4.86. The van der Waals surface area contributed by atoms with Gasteiger partial charge in [-0.25, -0.2) is 4.79 Å². The van der Waals surface area contributed by atoms with E-state index < -0.39 is 5.60 Å². The van der Waals surface area contributed by atoms with Crippen LogP contribution in [0, 0.1) is 6.92 Å². The molecule has 0 spiro atoms. The van der Waals surface area contributed by atoms with Crippen molar-refractivity contribution in [2.45, 2.75) is 52.9 Å². The van der Waals surface area contributed by atoms with E-state index in [1.54, 1.807) is 17.0 Å². The van der Waals surface area contributed by atoms with E-state index in [-0.39, 0.29) is 11.8 Å². The molecule has 1 aliphatic rings. The second kappa shape index (κ2) is 7.52. The molecule has 0 fully saturated rings. The highest BCUT2D eigenvalue weighted by Crippen LogP contribution is 2.35. The Morgan fingerprint density at radius 3 is 2.60 bits per heavy atom. The van der Waals surface area contributed by atoms with Gasteiger partial charge in [-0.2, -0.15) is 5.10 Å². The highest BCUT2D eigenvalue weighted by Gasteiger charge is 2.33. The first-order valence-corrected chi connectivity index (χ1v) is 10.1. The zero-order valence-electron chi connectivity index (χ0n) is 17.8. The van der Waals surface area contributed by atoms with Crippen molar-refractivity contribution in [2.24, 2.45) is 0 Å². The zero-order valence-corrected chi connectivity index (χ0v) is 17.8. The summed E-state index contributed by atoms with van der Waals surface area (Å²) in [6.07, 6.45) is -0.323. The van der Waals surface area contributed by atoms with Gasteiger partial charge in [-0.3, -0.25) is 9.58 Å². The van der Waals surface area contributed by atoms with Gasteiger partial charge in [0, 0.05) is 11.1 Å². The van der Waals surface area contributed by atoms with Crippen LogP contribution in [-0.4, -0.2) is 31.5 Å². The molecule has 30 heavy (non-hydrogen) atoms. The summed E-state index contributed by atoms with van der Waals surface area (Å²) >= 11 is 0. The number of rotatable bonds is 3. The Labute approximate surface area is 176 Å². The molecule has 1 N–H and O–H groups in total. The van der Waals surface area contributed by atoms with Crippen LogP contribution in [0.2, 0.25) is 0 Å². The molecule has 2 heterocycles. The number of amides is 1. The van der Waals surface area contributed by atoms with Crippen molar-refractivity contribution in [3.8, 4) is 17.0 Å². The van der Waals surface area contributed by atoms with Crippen molar-refractivity contribution >= 4 is 6.09 Å². The van der Waals surface area contributed by atoms with Crippen LogP contribution in [0.15, 0.2) is 48.5 Å². The van der Waals surface area contributed by atoms with Gasteiger partial charge in [0.05, 0.1) is 31.0 Å². The Morgan fingerprint density at radius 1 is 1.13 bits per heavy atom. The third kappa shape index (κ3) is 4.03. The number of aromatic nitrogens is 2. The molecule has 0 aliphatic carbocycles. The monoisotopic (exact) mass is 405 g/mol. The van der Waals surface area contributed by atoms with Crippen LogP contribution in [-0.2, 0) is 24.4 Å². The Kier molecular flexibility index (Phi) is 5.02. The van der Waals surface area contributed by atoms with E-state index in [1.165, 1.54) is 0 Å². The van der Waals surface area contributed by atoms with Gasteiger partial charge in [0.25, 0.3) is 0 Å². The number of hydrogen-bond acceptors (Lipinski definition) is 4. The molecule has 156 valence electrons. The average Bonchev–Trinajstić information content (AvgIpc) is 3.19. The van der Waals surface area contributed by atoms with Crippen LogP contribution in [0.4, 0.5) is 4.79 Å². The second-order valence-corrected chi connectivity index (χ2v) is 8.75. The smallest absolute Gasteiger partial charge is 0.410 e. The van der Waals surface area contributed by atoms with Gasteiger partial charge >= 0.3 is 6.09 Å². The molecule has 4 rings (SSSR count). The summed E-state index contributed by atoms with van der Waals surface area (Å²) in [7, 11) is 0. The Bertz CT molecular complexity index is 1100. The van der Waals surface area contributed by atoms with Crippen LogP contribution in [0.3, 0.4) is 0 Å². The van der Waals surface area contributed by atoms with Crippen molar-refractivity contribution < 1.29 is 14.6 Å². The molecule has 1 aromatic heterocycles. The summed E-state index contributed by atoms with van der Waals surface area (Å²) in [5.74, 6) is 0.237. The van der Waals surface area contributed by atoms with Crippen molar-refractivity contribution in [3.63, 3.8) is 0 Å². The SMILES string of the molecule is Cc1ccccc1-c1c2c(nn1Cc1cccc(O)c1)CN(C(=O)OC(C)(C)C)C2. The summed E-state index contributed by atoms with van der Waals surface area (Å²) in [6, 6.07) is 15.4. The van der Waals surface area contributed by atoms with Gasteiger partial charge in [0.1, 0.15) is 11.4 Å². The number of aromatic hydroxyl groups is 1. The maximum absolute atomic E-state index is 12.6. The predicted molar refractivity (Wildman–Crippen MR) is 115 cm³/mol. The maximum Gasteiger partial charge on any atom is 0.410 e. The number of phenolic OH excluding ortho intramolecular Hbond substituents is 1. The van der Waals surface area contributed by atoms with Gasteiger partial charge < -0.3 is 9.84 Å². The lowest BCUT2D eigenvalue weighted by molar-refractivity contribution is 0.0239. The number of hydrogen-bond donors (Lipinski definition) is 1. The number of carbonyl (C=O) groups is 1. The Hall–Kier alpha value is -3.28. The standard InChI is InChI=1S/C24H27N3O3/c1-16-8-5-6-11-19(16)22-20-14-26(23(29)30-24(2,3)4)15-21(20)25-27(22)13-17-9-7-10-18(28)12-17/h5-12,28H,13-15H2,1-4H3. The minimum absolute atomic E-state index is 0.237. The van der Waals surface area contributed by atoms with Crippen molar-refractivity contribution in [3.05, 3.63) is 70.9 Å². The summed E-state index contributed by atoms with van der Waals surface area (Å²) in [5, 5.41) is 14.7. The topological polar surface area (TPSA) is 67.6 Å². The van der Waals surface area contributed by atoms with Crippen molar-refractivity contribution in [1.29, 1.82) is 0 Å². The van der Waals surface area contributed by atoms with Gasteiger partial charge in [-0.15, -0.1) is 0 Å². The summed E-state index contributed by atoms with van der Waals surface area (Å²) < 4.78 is 7.54. The van der Waals surface area contributed by atoms with Crippen molar-refractivity contribution in [1.82, 2.24) is 14.7 Å². The quantitative estimate of drug-likeness (QED) is 0.675. The number of ether oxygens (including phenoxy) is 1. The van der Waals surface area contributed by atoms with Crippen LogP contribution in [0.1, 0.15) is 43.2 Å². The molecular weight excluding hydrogens is 378 g/mol. The number of aryl methyl sites for hydroxylation is 1. The molecule has 0 unspecified atom stereocenters. The van der Waals surface area contributed by atoms with E-state index in [2.05, 4.69) is 19.1 Å². The molecule has 0 atom stereocenters. The molecule has 0 radical (unpaired) electrons. The number of phenols is 1. The maximum atomic E-state index is 12.6. The average molecular weight is 405 g/mol. The molecule has 0 saturated heterocycles. The lowest BCUT2D eigenvalue weighted by Gasteiger charge is -2.24. The first-order valence-electron chi connectivity index (χ1n) is 10.1. The minimum Gasteiger partial charge on any atom is -0.508 e. The van der Waals surface area contributed by atoms with E-state index in [9.17, 15) is 9.90 Å². The van der Waals surface area contributed by atoms with Crippen LogP contribution < -0.4 is 0 Å². The second-order valence-electron chi connectivity index (χ2n) is 8.75. The molecule has 0 saturated carbocycles. The summed E-state index contributed by atoms with van der Waals surface area (Å²) in [6.45, 7) is 9.12. The molecule has 1 aliphatic heterocycles. The fourth-order valence-electron chi connectivity index (χ4n) is 3.81. The molecule has 1 amide bonds. The molecule has 6 nitrogen and oxygen atoms in total. The number of carbonyl (C=O) groups excluding carboxylic acids is 1. The summed E-state index contributed by atoms with van der Waals surface area (Å²) in [5.41, 5.74) is 5.62. The van der Waals surface area contributed by atoms with Crippen LogP contribution in [0.25, 0.3) is 11.3 Å². The fraction of sp³-hybridized carbons (Fsp3) is 0.333. The van der Waals surface area contributed by atoms with Crippen LogP contribution >= 0.6 is 0 Å². The van der Waals surface area contributed by atoms with Gasteiger partial charge in [-0.05, 0) is 51.0 Å². The van der Waals surface area contributed by atoms with E-state index in [0.29, 0.717) is 19.6 Å². The third-order valence-electron chi connectivity index (χ3n) is 5.12. The molecule has 2 aromatic carbocycles. The Balaban J connectivity index is 1.72. The van der Waals surface area contributed by atoms with Gasteiger partial charge in [0.2, 0.25) is 0 Å². The molecule has 0 bridgehead atoms. The Morgan fingerprint density at radius 2 is 1.90 bits per heavy atom. The largest absolute Gasteiger partial charge is 0.508 e. The van der Waals surface area contributed by atoms with Crippen LogP contribution in [0.5, 0.6) is 5.75 Å². The van der Waals surface area contributed by atoms with Gasteiger partial charge in [0.15, 0.2) is 0 Å². The highest BCUT2D eigenvalue weighted by molar-refractivity contribution is 5.73.